The highest BCUT2D eigenvalue weighted by Crippen LogP contribution is 2.26. The third kappa shape index (κ3) is 3.76. The van der Waals surface area contributed by atoms with E-state index >= 15 is 0 Å². The molecule has 0 saturated carbocycles. The normalized spacial score (nSPS) is 10.8. The molecule has 110 valence electrons. The Labute approximate surface area is 124 Å². The molecule has 21 heavy (non-hydrogen) atoms. The molecule has 2 aromatic rings. The van der Waals surface area contributed by atoms with Gasteiger partial charge in [0.25, 0.3) is 0 Å². The number of Topliss-reactive ketones (excluding diaryl/α,β-unsaturated/α-hetero) is 1. The molecule has 0 aliphatic rings. The predicted octanol–water partition coefficient (Wildman–Crippen LogP) is 3.20. The van der Waals surface area contributed by atoms with Crippen LogP contribution in [0.4, 0.5) is 4.39 Å². The van der Waals surface area contributed by atoms with E-state index in [1.165, 1.54) is 12.1 Å². The molecule has 0 aliphatic heterocycles. The van der Waals surface area contributed by atoms with Gasteiger partial charge < -0.3 is 0 Å². The van der Waals surface area contributed by atoms with Crippen molar-refractivity contribution in [2.75, 3.05) is 0 Å². The molecule has 0 atom stereocenters. The van der Waals surface area contributed by atoms with Gasteiger partial charge >= 0.3 is 0 Å². The summed E-state index contributed by atoms with van der Waals surface area (Å²) in [6, 6.07) is 10.9. The summed E-state index contributed by atoms with van der Waals surface area (Å²) in [5.41, 5.74) is 2.46. The van der Waals surface area contributed by atoms with Crippen molar-refractivity contribution in [2.24, 2.45) is 0 Å². The molecule has 2 rings (SSSR count). The van der Waals surface area contributed by atoms with E-state index in [0.717, 1.165) is 5.56 Å². The van der Waals surface area contributed by atoms with E-state index in [1.54, 1.807) is 37.3 Å². The first-order valence-corrected chi connectivity index (χ1v) is 7.91. The first-order valence-electron chi connectivity index (χ1n) is 6.55. The summed E-state index contributed by atoms with van der Waals surface area (Å²) in [5, 5.41) is 0. The molecular formula is C16H15FO3S. The monoisotopic (exact) mass is 306 g/mol. The average Bonchev–Trinajstić information content (AvgIpc) is 2.47. The van der Waals surface area contributed by atoms with Crippen LogP contribution in [0.3, 0.4) is 0 Å². The minimum absolute atomic E-state index is 0.0719. The first kappa shape index (κ1) is 15.4. The fraction of sp³-hybridized carbons (Fsp3) is 0.188. The molecule has 0 aromatic heterocycles. The molecule has 3 nitrogen and oxygen atoms in total. The molecule has 0 heterocycles. The van der Waals surface area contributed by atoms with Crippen LogP contribution >= 0.6 is 0 Å². The average molecular weight is 306 g/mol. The van der Waals surface area contributed by atoms with Crippen molar-refractivity contribution in [3.8, 4) is 11.1 Å². The maximum Gasteiger partial charge on any atom is 0.163 e. The Kier molecular flexibility index (Phi) is 4.85. The van der Waals surface area contributed by atoms with Crippen LogP contribution in [0.25, 0.3) is 11.1 Å². The van der Waals surface area contributed by atoms with Gasteiger partial charge in [0.1, 0.15) is 16.5 Å². The lowest BCUT2D eigenvalue weighted by molar-refractivity contribution is 0.0988. The van der Waals surface area contributed by atoms with Gasteiger partial charge in [-0.3, -0.25) is 4.79 Å². The highest BCUT2D eigenvalue weighted by molar-refractivity contribution is 7.71. The Morgan fingerprint density at radius 3 is 2.33 bits per heavy atom. The highest BCUT2D eigenvalue weighted by Gasteiger charge is 2.13. The maximum atomic E-state index is 13.0. The molecule has 0 amide bonds. The minimum Gasteiger partial charge on any atom is -0.294 e. The number of benzene rings is 2. The molecule has 5 heteroatoms. The second-order valence-corrected chi connectivity index (χ2v) is 5.64. The molecule has 0 N–H and O–H groups in total. The molecule has 0 bridgehead atoms. The number of halogens is 1. The first-order chi connectivity index (χ1) is 10.0. The third-order valence-corrected chi connectivity index (χ3v) is 3.80. The van der Waals surface area contributed by atoms with E-state index in [2.05, 4.69) is 0 Å². The Hall–Kier alpha value is -2.01. The third-order valence-electron chi connectivity index (χ3n) is 3.17. The summed E-state index contributed by atoms with van der Waals surface area (Å²) >= 11 is 0. The number of hydrogen-bond donors (Lipinski definition) is 1. The summed E-state index contributed by atoms with van der Waals surface area (Å²) in [7, 11) is -2.54. The number of hydrogen-bond acceptors (Lipinski definition) is 3. The van der Waals surface area contributed by atoms with Crippen molar-refractivity contribution in [3.05, 3.63) is 59.4 Å². The van der Waals surface area contributed by atoms with Gasteiger partial charge in [0.2, 0.25) is 0 Å². The van der Waals surface area contributed by atoms with Gasteiger partial charge in [0, 0.05) is 12.0 Å². The summed E-state index contributed by atoms with van der Waals surface area (Å²) in [4.78, 5) is 12.1. The van der Waals surface area contributed by atoms with Crippen LogP contribution in [0, 0.1) is 5.82 Å². The molecule has 0 aliphatic carbocycles. The van der Waals surface area contributed by atoms with Crippen LogP contribution in [0.5, 0.6) is 0 Å². The number of carbonyl (C=O) groups excluding carboxylic acids is 1. The Morgan fingerprint density at radius 2 is 1.76 bits per heavy atom. The zero-order chi connectivity index (χ0) is 15.4. The van der Waals surface area contributed by atoms with E-state index in [9.17, 15) is 17.6 Å². The minimum atomic E-state index is -2.54. The number of thiol groups is 1. The topological polar surface area (TPSA) is 51.2 Å². The van der Waals surface area contributed by atoms with Gasteiger partial charge in [-0.2, -0.15) is 0 Å². The van der Waals surface area contributed by atoms with Crippen LogP contribution in [0.1, 0.15) is 29.3 Å². The molecule has 0 fully saturated rings. The fourth-order valence-corrected chi connectivity index (χ4v) is 2.64. The van der Waals surface area contributed by atoms with Crippen molar-refractivity contribution in [1.82, 2.24) is 0 Å². The lowest BCUT2D eigenvalue weighted by Gasteiger charge is -2.10. The summed E-state index contributed by atoms with van der Waals surface area (Å²) < 4.78 is 34.6. The number of ketones is 1. The lowest BCUT2D eigenvalue weighted by Crippen LogP contribution is -2.02. The van der Waals surface area contributed by atoms with Crippen molar-refractivity contribution in [1.29, 1.82) is 0 Å². The van der Waals surface area contributed by atoms with Crippen molar-refractivity contribution in [3.63, 3.8) is 0 Å². The van der Waals surface area contributed by atoms with Gasteiger partial charge in [-0.25, -0.2) is 12.8 Å². The van der Waals surface area contributed by atoms with Crippen LogP contribution in [-0.2, 0) is 16.5 Å². The second kappa shape index (κ2) is 6.63. The summed E-state index contributed by atoms with van der Waals surface area (Å²) in [6.07, 6.45) is 0.321. The van der Waals surface area contributed by atoms with E-state index in [1.807, 2.05) is 0 Å². The predicted molar refractivity (Wildman–Crippen MR) is 80.5 cm³/mol. The van der Waals surface area contributed by atoms with Gasteiger partial charge in [-0.15, -0.1) is 0 Å². The highest BCUT2D eigenvalue weighted by atomic mass is 32.2. The summed E-state index contributed by atoms with van der Waals surface area (Å²) in [6.45, 7) is 1.75. The zero-order valence-electron chi connectivity index (χ0n) is 11.5. The molecule has 0 unspecified atom stereocenters. The van der Waals surface area contributed by atoms with Crippen molar-refractivity contribution < 1.29 is 17.6 Å². The lowest BCUT2D eigenvalue weighted by atomic mass is 9.94. The molecule has 0 spiro atoms. The van der Waals surface area contributed by atoms with E-state index in [-0.39, 0.29) is 17.4 Å². The van der Waals surface area contributed by atoms with Gasteiger partial charge in [-0.1, -0.05) is 31.2 Å². The fourth-order valence-electron chi connectivity index (χ4n) is 2.14. The molecule has 2 aromatic carbocycles. The standard InChI is InChI=1S/C16H15FO3S/c1-2-16(18)15-9-11(10-21(19)20)3-8-14(15)12-4-6-13(17)7-5-12/h3-9,21H,2,10H2,1H3. The smallest absolute Gasteiger partial charge is 0.163 e. The Balaban J connectivity index is 2.54. The van der Waals surface area contributed by atoms with Gasteiger partial charge in [0.15, 0.2) is 5.78 Å². The maximum absolute atomic E-state index is 13.0. The van der Waals surface area contributed by atoms with Gasteiger partial charge in [-0.05, 0) is 34.9 Å². The quantitative estimate of drug-likeness (QED) is 0.682. The van der Waals surface area contributed by atoms with E-state index in [4.69, 9.17) is 0 Å². The van der Waals surface area contributed by atoms with Crippen LogP contribution in [0.2, 0.25) is 0 Å². The summed E-state index contributed by atoms with van der Waals surface area (Å²) in [5.74, 6) is -0.511. The van der Waals surface area contributed by atoms with Crippen molar-refractivity contribution >= 4 is 16.5 Å². The van der Waals surface area contributed by atoms with Crippen LogP contribution < -0.4 is 0 Å². The van der Waals surface area contributed by atoms with Crippen LogP contribution in [-0.4, -0.2) is 14.2 Å². The number of rotatable bonds is 5. The SMILES string of the molecule is CCC(=O)c1cc(C[SH](=O)=O)ccc1-c1ccc(F)cc1. The number of carbonyl (C=O) groups is 1. The zero-order valence-corrected chi connectivity index (χ0v) is 12.4. The van der Waals surface area contributed by atoms with E-state index in [0.29, 0.717) is 23.1 Å². The molecular weight excluding hydrogens is 291 g/mol. The Bertz CT molecular complexity index is 726. The van der Waals surface area contributed by atoms with Gasteiger partial charge in [0.05, 0.1) is 5.75 Å². The largest absolute Gasteiger partial charge is 0.294 e. The molecule has 0 radical (unpaired) electrons. The van der Waals surface area contributed by atoms with Crippen molar-refractivity contribution in [2.45, 2.75) is 19.1 Å². The second-order valence-electron chi connectivity index (χ2n) is 4.65. The van der Waals surface area contributed by atoms with E-state index < -0.39 is 10.7 Å². The molecule has 0 saturated heterocycles. The Morgan fingerprint density at radius 1 is 1.10 bits per heavy atom. The van der Waals surface area contributed by atoms with Crippen LogP contribution in [0.15, 0.2) is 42.5 Å².